The Morgan fingerprint density at radius 3 is 2.34 bits per heavy atom. The third kappa shape index (κ3) is 4.46. The number of hydrogen-bond acceptors (Lipinski definition) is 4. The highest BCUT2D eigenvalue weighted by molar-refractivity contribution is 5.82. The first-order valence-corrected chi connectivity index (χ1v) is 9.86. The number of aromatic amines is 2. The Balaban J connectivity index is 2.03. The molecule has 0 spiro atoms. The van der Waals surface area contributed by atoms with Gasteiger partial charge >= 0.3 is 6.18 Å². The first kappa shape index (κ1) is 23.9. The molecule has 2 aromatic heterocycles. The van der Waals surface area contributed by atoms with Gasteiger partial charge in [0, 0.05) is 23.5 Å². The SMILES string of the molecule is COc1c(Oc2cc(C(F)(F)F)c(F)cc2-c2[nH]c(C)cc(=O)c2-c2ccn[nH]2)ccc(F)c1F. The predicted octanol–water partition coefficient (Wildman–Crippen LogP) is 5.98. The van der Waals surface area contributed by atoms with Gasteiger partial charge < -0.3 is 14.5 Å². The van der Waals surface area contributed by atoms with Gasteiger partial charge in [0.2, 0.25) is 11.6 Å². The minimum Gasteiger partial charge on any atom is -0.490 e. The van der Waals surface area contributed by atoms with Gasteiger partial charge in [-0.3, -0.25) is 9.89 Å². The van der Waals surface area contributed by atoms with Crippen molar-refractivity contribution in [3.8, 4) is 39.8 Å². The number of benzene rings is 2. The molecule has 0 atom stereocenters. The number of rotatable bonds is 5. The van der Waals surface area contributed by atoms with Crippen LogP contribution in [-0.4, -0.2) is 22.3 Å². The zero-order chi connectivity index (χ0) is 25.5. The zero-order valence-corrected chi connectivity index (χ0v) is 18.0. The van der Waals surface area contributed by atoms with Crippen LogP contribution < -0.4 is 14.9 Å². The molecule has 0 fully saturated rings. The van der Waals surface area contributed by atoms with E-state index >= 15 is 0 Å². The van der Waals surface area contributed by atoms with Crippen LogP contribution in [0.15, 0.2) is 47.4 Å². The maximum Gasteiger partial charge on any atom is 0.419 e. The third-order valence-electron chi connectivity index (χ3n) is 5.02. The predicted molar refractivity (Wildman–Crippen MR) is 113 cm³/mol. The molecule has 0 radical (unpaired) electrons. The van der Waals surface area contributed by atoms with Crippen LogP contribution in [0.25, 0.3) is 22.5 Å². The quantitative estimate of drug-likeness (QED) is 0.334. The van der Waals surface area contributed by atoms with Gasteiger partial charge in [0.25, 0.3) is 0 Å². The highest BCUT2D eigenvalue weighted by Gasteiger charge is 2.36. The van der Waals surface area contributed by atoms with Gasteiger partial charge in [-0.05, 0) is 37.3 Å². The second-order valence-electron chi connectivity index (χ2n) is 7.36. The molecule has 0 amide bonds. The lowest BCUT2D eigenvalue weighted by atomic mass is 9.99. The fourth-order valence-electron chi connectivity index (χ4n) is 3.51. The van der Waals surface area contributed by atoms with E-state index in [-0.39, 0.29) is 22.5 Å². The van der Waals surface area contributed by atoms with E-state index in [0.29, 0.717) is 23.9 Å². The summed E-state index contributed by atoms with van der Waals surface area (Å²) in [7, 11) is 1.01. The number of methoxy groups -OCH3 is 1. The van der Waals surface area contributed by atoms with Crippen LogP contribution in [-0.2, 0) is 6.18 Å². The van der Waals surface area contributed by atoms with Gasteiger partial charge in [-0.15, -0.1) is 0 Å². The molecule has 2 aromatic carbocycles. The van der Waals surface area contributed by atoms with Crippen molar-refractivity contribution in [2.75, 3.05) is 7.11 Å². The van der Waals surface area contributed by atoms with Crippen LogP contribution in [0.5, 0.6) is 17.2 Å². The lowest BCUT2D eigenvalue weighted by Crippen LogP contribution is -2.12. The van der Waals surface area contributed by atoms with Crippen molar-refractivity contribution in [2.24, 2.45) is 0 Å². The van der Waals surface area contributed by atoms with Crippen molar-refractivity contribution < 1.29 is 35.8 Å². The fraction of sp³-hybridized carbons (Fsp3) is 0.130. The van der Waals surface area contributed by atoms with Crippen LogP contribution in [0.2, 0.25) is 0 Å². The molecule has 0 bridgehead atoms. The summed E-state index contributed by atoms with van der Waals surface area (Å²) in [4.78, 5) is 15.6. The van der Waals surface area contributed by atoms with Crippen molar-refractivity contribution in [1.29, 1.82) is 0 Å². The summed E-state index contributed by atoms with van der Waals surface area (Å²) in [5.41, 5.74) is -2.17. The summed E-state index contributed by atoms with van der Waals surface area (Å²) >= 11 is 0. The number of alkyl halides is 3. The lowest BCUT2D eigenvalue weighted by molar-refractivity contribution is -0.140. The Kier molecular flexibility index (Phi) is 6.05. The molecule has 2 heterocycles. The molecule has 0 unspecified atom stereocenters. The van der Waals surface area contributed by atoms with E-state index < -0.39 is 51.9 Å². The monoisotopic (exact) mass is 495 g/mol. The van der Waals surface area contributed by atoms with E-state index in [0.717, 1.165) is 13.2 Å². The van der Waals surface area contributed by atoms with E-state index in [1.807, 2.05) is 0 Å². The largest absolute Gasteiger partial charge is 0.490 e. The van der Waals surface area contributed by atoms with Crippen molar-refractivity contribution in [3.63, 3.8) is 0 Å². The molecule has 0 saturated heterocycles. The van der Waals surface area contributed by atoms with Crippen LogP contribution in [0.3, 0.4) is 0 Å². The lowest BCUT2D eigenvalue weighted by Gasteiger charge is -2.18. The molecule has 2 N–H and O–H groups in total. The standard InChI is InChI=1S/C23H15F6N3O3/c1-10-7-16(33)19(15-5-6-30-32-15)21(31-10)11-8-14(25)12(23(27,28)29)9-18(11)35-17-4-3-13(24)20(26)22(17)34-2/h3-9H,1-2H3,(H,30,32)(H,31,33). The molecule has 0 aliphatic heterocycles. The summed E-state index contributed by atoms with van der Waals surface area (Å²) in [5, 5.41) is 6.35. The Morgan fingerprint density at radius 1 is 0.971 bits per heavy atom. The zero-order valence-electron chi connectivity index (χ0n) is 18.0. The number of hydrogen-bond donors (Lipinski definition) is 2. The first-order valence-electron chi connectivity index (χ1n) is 9.86. The molecule has 0 aliphatic carbocycles. The molecular formula is C23H15F6N3O3. The fourth-order valence-corrected chi connectivity index (χ4v) is 3.51. The average Bonchev–Trinajstić information content (AvgIpc) is 3.30. The van der Waals surface area contributed by atoms with Crippen LogP contribution in [0, 0.1) is 24.4 Å². The summed E-state index contributed by atoms with van der Waals surface area (Å²) in [6.07, 6.45) is -3.76. The van der Waals surface area contributed by atoms with E-state index in [9.17, 15) is 31.1 Å². The van der Waals surface area contributed by atoms with Crippen LogP contribution in [0.1, 0.15) is 11.3 Å². The normalized spacial score (nSPS) is 11.5. The van der Waals surface area contributed by atoms with Gasteiger partial charge in [0.15, 0.2) is 17.0 Å². The summed E-state index contributed by atoms with van der Waals surface area (Å²) in [5.74, 6) is -6.17. The molecule has 35 heavy (non-hydrogen) atoms. The average molecular weight is 495 g/mol. The van der Waals surface area contributed by atoms with Crippen molar-refractivity contribution in [3.05, 3.63) is 81.5 Å². The van der Waals surface area contributed by atoms with E-state index in [1.165, 1.54) is 25.3 Å². The summed E-state index contributed by atoms with van der Waals surface area (Å²) in [6.45, 7) is 1.51. The number of nitrogens with zero attached hydrogens (tertiary/aromatic N) is 1. The van der Waals surface area contributed by atoms with Crippen LogP contribution in [0.4, 0.5) is 26.3 Å². The minimum atomic E-state index is -5.11. The van der Waals surface area contributed by atoms with Crippen molar-refractivity contribution in [1.82, 2.24) is 15.2 Å². The number of halogens is 6. The van der Waals surface area contributed by atoms with Crippen molar-refractivity contribution in [2.45, 2.75) is 13.1 Å². The van der Waals surface area contributed by atoms with E-state index in [1.54, 1.807) is 0 Å². The van der Waals surface area contributed by atoms with Gasteiger partial charge in [0.05, 0.1) is 29.6 Å². The third-order valence-corrected chi connectivity index (χ3v) is 5.02. The van der Waals surface area contributed by atoms with Gasteiger partial charge in [-0.25, -0.2) is 8.78 Å². The first-order chi connectivity index (χ1) is 16.5. The molecule has 6 nitrogen and oxygen atoms in total. The number of ether oxygens (including phenoxy) is 2. The number of aryl methyl sites for hydroxylation is 1. The molecule has 4 aromatic rings. The minimum absolute atomic E-state index is 0.0608. The molecular weight excluding hydrogens is 480 g/mol. The van der Waals surface area contributed by atoms with Gasteiger partial charge in [-0.2, -0.15) is 22.7 Å². The summed E-state index contributed by atoms with van der Waals surface area (Å²) in [6, 6.07) is 5.19. The second kappa shape index (κ2) is 8.85. The number of aromatic nitrogens is 3. The van der Waals surface area contributed by atoms with Crippen LogP contribution >= 0.6 is 0 Å². The maximum absolute atomic E-state index is 14.7. The highest BCUT2D eigenvalue weighted by Crippen LogP contribution is 2.44. The van der Waals surface area contributed by atoms with Gasteiger partial charge in [-0.1, -0.05) is 0 Å². The highest BCUT2D eigenvalue weighted by atomic mass is 19.4. The molecule has 182 valence electrons. The second-order valence-corrected chi connectivity index (χ2v) is 7.36. The van der Waals surface area contributed by atoms with E-state index in [2.05, 4.69) is 15.2 Å². The summed E-state index contributed by atoms with van der Waals surface area (Å²) < 4.78 is 93.3. The Labute approximate surface area is 193 Å². The smallest absolute Gasteiger partial charge is 0.419 e. The number of pyridine rings is 1. The molecule has 0 saturated carbocycles. The number of nitrogens with one attached hydrogen (secondary N) is 2. The molecule has 0 aliphatic rings. The Hall–Kier alpha value is -4.22. The van der Waals surface area contributed by atoms with E-state index in [4.69, 9.17) is 9.47 Å². The maximum atomic E-state index is 14.7. The topological polar surface area (TPSA) is 80.0 Å². The number of H-pyrrole nitrogens is 2. The Morgan fingerprint density at radius 2 is 1.71 bits per heavy atom. The Bertz CT molecular complexity index is 1460. The molecule has 12 heteroatoms. The molecule has 4 rings (SSSR count). The van der Waals surface area contributed by atoms with Gasteiger partial charge in [0.1, 0.15) is 11.6 Å². The van der Waals surface area contributed by atoms with Crippen molar-refractivity contribution >= 4 is 0 Å².